The maximum Gasteiger partial charge on any atom is 0.292 e. The van der Waals surface area contributed by atoms with E-state index in [-0.39, 0.29) is 6.42 Å². The molecule has 0 atom stereocenters. The first kappa shape index (κ1) is 9.33. The number of benzene rings is 1. The summed E-state index contributed by atoms with van der Waals surface area (Å²) in [7, 11) is 0. The molecule has 0 bridgehead atoms. The highest BCUT2D eigenvalue weighted by Gasteiger charge is 2.24. The van der Waals surface area contributed by atoms with Crippen molar-refractivity contribution in [3.8, 4) is 0 Å². The number of fused-ring (bicyclic) bond motifs is 1. The van der Waals surface area contributed by atoms with Gasteiger partial charge in [-0.15, -0.1) is 0 Å². The van der Waals surface area contributed by atoms with E-state index >= 15 is 0 Å². The van der Waals surface area contributed by atoms with Crippen LogP contribution in [-0.2, 0) is 16.0 Å². The van der Waals surface area contributed by atoms with Crippen LogP contribution >= 0.6 is 15.9 Å². The highest BCUT2D eigenvalue weighted by molar-refractivity contribution is 9.10. The molecule has 0 spiro atoms. The van der Waals surface area contributed by atoms with Crippen LogP contribution in [-0.4, -0.2) is 11.7 Å². The molecule has 0 saturated carbocycles. The lowest BCUT2D eigenvalue weighted by atomic mass is 10.0. The first-order valence-corrected chi connectivity index (χ1v) is 4.69. The van der Waals surface area contributed by atoms with E-state index in [0.29, 0.717) is 15.7 Å². The summed E-state index contributed by atoms with van der Waals surface area (Å²) in [6.07, 6.45) is 0.0278. The fourth-order valence-electron chi connectivity index (χ4n) is 1.30. The van der Waals surface area contributed by atoms with E-state index in [1.165, 1.54) is 12.1 Å². The number of ketones is 1. The fourth-order valence-corrected chi connectivity index (χ4v) is 1.69. The number of hydrogen-bond acceptors (Lipinski definition) is 2. The van der Waals surface area contributed by atoms with E-state index in [2.05, 4.69) is 21.2 Å². The molecule has 1 heterocycles. The van der Waals surface area contributed by atoms with Crippen molar-refractivity contribution in [1.29, 1.82) is 0 Å². The molecule has 1 aliphatic heterocycles. The minimum Gasteiger partial charge on any atom is -0.319 e. The molecule has 1 amide bonds. The van der Waals surface area contributed by atoms with Gasteiger partial charge in [-0.25, -0.2) is 4.39 Å². The zero-order valence-corrected chi connectivity index (χ0v) is 8.52. The first-order chi connectivity index (χ1) is 6.58. The summed E-state index contributed by atoms with van der Waals surface area (Å²) in [6.45, 7) is 0. The van der Waals surface area contributed by atoms with Crippen LogP contribution < -0.4 is 5.32 Å². The first-order valence-electron chi connectivity index (χ1n) is 3.90. The molecule has 5 heteroatoms. The van der Waals surface area contributed by atoms with Crippen LogP contribution in [0.25, 0.3) is 0 Å². The average molecular weight is 258 g/mol. The number of anilines is 1. The topological polar surface area (TPSA) is 46.2 Å². The quantitative estimate of drug-likeness (QED) is 0.719. The molecule has 0 fully saturated rings. The highest BCUT2D eigenvalue weighted by Crippen LogP contribution is 2.27. The van der Waals surface area contributed by atoms with Gasteiger partial charge in [0.25, 0.3) is 5.91 Å². The van der Waals surface area contributed by atoms with E-state index in [9.17, 15) is 14.0 Å². The number of nitrogens with one attached hydrogen (secondary N) is 1. The zero-order chi connectivity index (χ0) is 10.3. The van der Waals surface area contributed by atoms with Gasteiger partial charge in [0, 0.05) is 12.1 Å². The number of rotatable bonds is 0. The number of hydrogen-bond donors (Lipinski definition) is 1. The van der Waals surface area contributed by atoms with Crippen molar-refractivity contribution in [2.45, 2.75) is 6.42 Å². The van der Waals surface area contributed by atoms with Crippen molar-refractivity contribution in [1.82, 2.24) is 0 Å². The van der Waals surface area contributed by atoms with Crippen molar-refractivity contribution >= 4 is 33.3 Å². The summed E-state index contributed by atoms with van der Waals surface area (Å²) in [5, 5.41) is 2.33. The van der Waals surface area contributed by atoms with Gasteiger partial charge < -0.3 is 5.32 Å². The summed E-state index contributed by atoms with van der Waals surface area (Å²) < 4.78 is 13.3. The second-order valence-corrected chi connectivity index (χ2v) is 3.83. The molecule has 14 heavy (non-hydrogen) atoms. The Morgan fingerprint density at radius 3 is 2.79 bits per heavy atom. The summed E-state index contributed by atoms with van der Waals surface area (Å²) in [6, 6.07) is 2.70. The van der Waals surface area contributed by atoms with Gasteiger partial charge in [-0.2, -0.15) is 0 Å². The molecular weight excluding hydrogens is 253 g/mol. The molecule has 2 rings (SSSR count). The number of carbonyl (C=O) groups is 2. The molecule has 72 valence electrons. The molecule has 3 nitrogen and oxygen atoms in total. The van der Waals surface area contributed by atoms with Crippen molar-refractivity contribution in [3.05, 3.63) is 28.0 Å². The molecule has 1 aromatic rings. The second-order valence-electron chi connectivity index (χ2n) is 2.98. The molecular formula is C9H5BrFNO2. The third kappa shape index (κ3) is 1.43. The second kappa shape index (κ2) is 3.16. The Morgan fingerprint density at radius 2 is 2.07 bits per heavy atom. The predicted molar refractivity (Wildman–Crippen MR) is 51.4 cm³/mol. The lowest BCUT2D eigenvalue weighted by Crippen LogP contribution is -2.29. The standard InChI is InChI=1S/C9H5BrFNO2/c10-5-1-4-2-8(13)9(14)12-7(4)3-6(5)11/h1,3H,2H2,(H,12,14). The van der Waals surface area contributed by atoms with Crippen LogP contribution in [0, 0.1) is 5.82 Å². The molecule has 0 unspecified atom stereocenters. The Hall–Kier alpha value is -1.23. The minimum atomic E-state index is -0.681. The molecule has 0 radical (unpaired) electrons. The monoisotopic (exact) mass is 257 g/mol. The van der Waals surface area contributed by atoms with Gasteiger partial charge in [-0.1, -0.05) is 0 Å². The van der Waals surface area contributed by atoms with E-state index in [4.69, 9.17) is 0 Å². The molecule has 1 aliphatic rings. The van der Waals surface area contributed by atoms with Crippen LogP contribution in [0.2, 0.25) is 0 Å². The van der Waals surface area contributed by atoms with Crippen molar-refractivity contribution < 1.29 is 14.0 Å². The fraction of sp³-hybridized carbons (Fsp3) is 0.111. The number of amides is 1. The Morgan fingerprint density at radius 1 is 1.36 bits per heavy atom. The molecule has 0 aromatic heterocycles. The van der Waals surface area contributed by atoms with Gasteiger partial charge in [-0.3, -0.25) is 9.59 Å². The van der Waals surface area contributed by atoms with Gasteiger partial charge >= 0.3 is 0 Å². The van der Waals surface area contributed by atoms with E-state index < -0.39 is 17.5 Å². The van der Waals surface area contributed by atoms with Crippen molar-refractivity contribution in [2.24, 2.45) is 0 Å². The predicted octanol–water partition coefficient (Wildman–Crippen LogP) is 1.65. The third-order valence-corrected chi connectivity index (χ3v) is 2.61. The Bertz CT molecular complexity index is 404. The lowest BCUT2D eigenvalue weighted by molar-refractivity contribution is -0.134. The van der Waals surface area contributed by atoms with Crippen LogP contribution in [0.5, 0.6) is 0 Å². The van der Waals surface area contributed by atoms with Crippen LogP contribution in [0.4, 0.5) is 10.1 Å². The van der Waals surface area contributed by atoms with Gasteiger partial charge in [-0.05, 0) is 33.6 Å². The van der Waals surface area contributed by atoms with Gasteiger partial charge in [0.1, 0.15) is 5.82 Å². The smallest absolute Gasteiger partial charge is 0.292 e. The Balaban J connectivity index is 2.53. The van der Waals surface area contributed by atoms with Gasteiger partial charge in [0.05, 0.1) is 4.47 Å². The normalized spacial score (nSPS) is 15.0. The number of Topliss-reactive ketones (excluding diaryl/α,β-unsaturated/α-hetero) is 1. The molecule has 0 saturated heterocycles. The Kier molecular flexibility index (Phi) is 2.11. The maximum absolute atomic E-state index is 13.0. The highest BCUT2D eigenvalue weighted by atomic mass is 79.9. The zero-order valence-electron chi connectivity index (χ0n) is 6.93. The van der Waals surface area contributed by atoms with Gasteiger partial charge in [0.2, 0.25) is 5.78 Å². The van der Waals surface area contributed by atoms with Crippen molar-refractivity contribution in [3.63, 3.8) is 0 Å². The summed E-state index contributed by atoms with van der Waals surface area (Å²) in [5.74, 6) is -1.64. The average Bonchev–Trinajstić information content (AvgIpc) is 2.11. The number of halogens is 2. The number of carbonyl (C=O) groups excluding carboxylic acids is 2. The van der Waals surface area contributed by atoms with Crippen molar-refractivity contribution in [2.75, 3.05) is 5.32 Å². The van der Waals surface area contributed by atoms with E-state index in [1.54, 1.807) is 0 Å². The van der Waals surface area contributed by atoms with Gasteiger partial charge in [0.15, 0.2) is 0 Å². The SMILES string of the molecule is O=C1Cc2cc(Br)c(F)cc2NC1=O. The third-order valence-electron chi connectivity index (χ3n) is 2.00. The lowest BCUT2D eigenvalue weighted by Gasteiger charge is -2.15. The Labute approximate surface area is 87.4 Å². The summed E-state index contributed by atoms with van der Waals surface area (Å²) >= 11 is 3.01. The summed E-state index contributed by atoms with van der Waals surface area (Å²) in [5.41, 5.74) is 0.998. The molecule has 1 N–H and O–H groups in total. The van der Waals surface area contributed by atoms with Crippen LogP contribution in [0.15, 0.2) is 16.6 Å². The maximum atomic E-state index is 13.0. The van der Waals surface area contributed by atoms with E-state index in [1.807, 2.05) is 0 Å². The largest absolute Gasteiger partial charge is 0.319 e. The van der Waals surface area contributed by atoms with Crippen LogP contribution in [0.1, 0.15) is 5.56 Å². The van der Waals surface area contributed by atoms with E-state index in [0.717, 1.165) is 0 Å². The van der Waals surface area contributed by atoms with Crippen LogP contribution in [0.3, 0.4) is 0 Å². The molecule has 1 aromatic carbocycles. The minimum absolute atomic E-state index is 0.0278. The molecule has 0 aliphatic carbocycles. The summed E-state index contributed by atoms with van der Waals surface area (Å²) in [4.78, 5) is 22.0.